The Labute approximate surface area is 151 Å². The van der Waals surface area contributed by atoms with Gasteiger partial charge in [0.2, 0.25) is 0 Å². The number of carbonyl (C=O) groups is 1. The zero-order chi connectivity index (χ0) is 18.3. The Bertz CT molecular complexity index is 1210. The van der Waals surface area contributed by atoms with Crippen LogP contribution in [0.5, 0.6) is 5.75 Å². The molecule has 4 aromatic rings. The van der Waals surface area contributed by atoms with E-state index < -0.39 is 5.97 Å². The molecule has 4 rings (SSSR count). The van der Waals surface area contributed by atoms with Gasteiger partial charge in [-0.3, -0.25) is 9.20 Å². The van der Waals surface area contributed by atoms with E-state index in [0.29, 0.717) is 10.7 Å². The molecule has 0 aliphatic heterocycles. The lowest BCUT2D eigenvalue weighted by Crippen LogP contribution is -2.16. The third-order valence-corrected chi connectivity index (χ3v) is 5.01. The SMILES string of the molecule is Cc1csc2nc(COC(=O)c3cc4ccccc4cc3O)cc(=O)n12. The molecule has 26 heavy (non-hydrogen) atoms. The first kappa shape index (κ1) is 16.3. The van der Waals surface area contributed by atoms with Gasteiger partial charge in [-0.1, -0.05) is 24.3 Å². The second kappa shape index (κ2) is 6.27. The van der Waals surface area contributed by atoms with Crippen LogP contribution in [-0.2, 0) is 11.3 Å². The van der Waals surface area contributed by atoms with E-state index in [0.717, 1.165) is 16.5 Å². The molecule has 0 unspecified atom stereocenters. The predicted octanol–water partition coefficient (Wildman–Crippen LogP) is 3.28. The summed E-state index contributed by atoms with van der Waals surface area (Å²) in [6.45, 7) is 1.68. The van der Waals surface area contributed by atoms with Crippen LogP contribution in [0.4, 0.5) is 0 Å². The van der Waals surface area contributed by atoms with E-state index in [1.165, 1.54) is 27.9 Å². The van der Waals surface area contributed by atoms with E-state index in [1.54, 1.807) is 6.07 Å². The van der Waals surface area contributed by atoms with Gasteiger partial charge in [0.15, 0.2) is 4.96 Å². The molecule has 2 aromatic carbocycles. The summed E-state index contributed by atoms with van der Waals surface area (Å²) in [6, 6.07) is 11.9. The standard InChI is InChI=1S/C19H14N2O4S/c1-11-10-26-19-20-14(8-17(23)21(11)19)9-25-18(24)15-6-12-4-2-3-5-13(12)7-16(15)22/h2-8,10,22H,9H2,1H3. The van der Waals surface area contributed by atoms with Crippen molar-refractivity contribution in [3.8, 4) is 5.75 Å². The monoisotopic (exact) mass is 366 g/mol. The smallest absolute Gasteiger partial charge is 0.342 e. The van der Waals surface area contributed by atoms with Crippen molar-refractivity contribution in [3.63, 3.8) is 0 Å². The highest BCUT2D eigenvalue weighted by molar-refractivity contribution is 7.15. The Hall–Kier alpha value is -3.19. The fourth-order valence-electron chi connectivity index (χ4n) is 2.78. The highest BCUT2D eigenvalue weighted by Crippen LogP contribution is 2.25. The second-order valence-corrected chi connectivity index (χ2v) is 6.71. The normalized spacial score (nSPS) is 11.1. The summed E-state index contributed by atoms with van der Waals surface area (Å²) in [5, 5.41) is 13.6. The summed E-state index contributed by atoms with van der Waals surface area (Å²) in [7, 11) is 0. The maximum absolute atomic E-state index is 12.3. The summed E-state index contributed by atoms with van der Waals surface area (Å²) in [5.41, 5.74) is 1.04. The Morgan fingerprint density at radius 2 is 1.96 bits per heavy atom. The zero-order valence-corrected chi connectivity index (χ0v) is 14.6. The molecule has 0 amide bonds. The van der Waals surface area contributed by atoms with Gasteiger partial charge in [-0.2, -0.15) is 0 Å². The van der Waals surface area contributed by atoms with Crippen LogP contribution in [0, 0.1) is 6.92 Å². The number of ether oxygens (including phenoxy) is 1. The highest BCUT2D eigenvalue weighted by Gasteiger charge is 2.15. The summed E-state index contributed by atoms with van der Waals surface area (Å²) in [5.74, 6) is -0.816. The van der Waals surface area contributed by atoms with E-state index in [9.17, 15) is 14.7 Å². The number of fused-ring (bicyclic) bond motifs is 2. The molecule has 0 aliphatic rings. The number of hydrogen-bond acceptors (Lipinski definition) is 6. The lowest BCUT2D eigenvalue weighted by Gasteiger charge is -2.08. The molecule has 0 spiro atoms. The first-order chi connectivity index (χ1) is 12.5. The number of nitrogens with zero attached hydrogens (tertiary/aromatic N) is 2. The molecule has 0 saturated heterocycles. The molecule has 7 heteroatoms. The van der Waals surface area contributed by atoms with Crippen LogP contribution in [0.3, 0.4) is 0 Å². The van der Waals surface area contributed by atoms with E-state index in [1.807, 2.05) is 36.6 Å². The zero-order valence-electron chi connectivity index (χ0n) is 13.8. The van der Waals surface area contributed by atoms with Gasteiger partial charge in [-0.15, -0.1) is 11.3 Å². The molecule has 0 saturated carbocycles. The van der Waals surface area contributed by atoms with Crippen molar-refractivity contribution >= 4 is 33.0 Å². The van der Waals surface area contributed by atoms with Crippen molar-refractivity contribution in [2.45, 2.75) is 13.5 Å². The number of hydrogen-bond donors (Lipinski definition) is 1. The Morgan fingerprint density at radius 1 is 1.23 bits per heavy atom. The van der Waals surface area contributed by atoms with Gasteiger partial charge in [-0.25, -0.2) is 9.78 Å². The first-order valence-corrected chi connectivity index (χ1v) is 8.76. The Morgan fingerprint density at radius 3 is 2.73 bits per heavy atom. The second-order valence-electron chi connectivity index (χ2n) is 5.87. The number of thiazole rings is 1. The van der Waals surface area contributed by atoms with Crippen LogP contribution in [0.2, 0.25) is 0 Å². The third-order valence-electron chi connectivity index (χ3n) is 4.06. The van der Waals surface area contributed by atoms with Gasteiger partial charge in [0, 0.05) is 17.1 Å². The van der Waals surface area contributed by atoms with Crippen LogP contribution in [0.25, 0.3) is 15.7 Å². The Kier molecular flexibility index (Phi) is 3.93. The van der Waals surface area contributed by atoms with Crippen LogP contribution >= 0.6 is 11.3 Å². The predicted molar refractivity (Wildman–Crippen MR) is 98.8 cm³/mol. The van der Waals surface area contributed by atoms with Gasteiger partial charge in [-0.05, 0) is 29.8 Å². The molecular formula is C19H14N2O4S. The average molecular weight is 366 g/mol. The summed E-state index contributed by atoms with van der Waals surface area (Å²) in [6.07, 6.45) is 0. The minimum atomic E-state index is -0.669. The topological polar surface area (TPSA) is 80.9 Å². The molecule has 1 N–H and O–H groups in total. The van der Waals surface area contributed by atoms with Crippen LogP contribution in [-0.4, -0.2) is 20.5 Å². The van der Waals surface area contributed by atoms with Crippen LogP contribution < -0.4 is 5.56 Å². The molecule has 0 fully saturated rings. The molecule has 0 radical (unpaired) electrons. The van der Waals surface area contributed by atoms with Crippen molar-refractivity contribution in [3.05, 3.63) is 75.1 Å². The van der Waals surface area contributed by atoms with Gasteiger partial charge in [0.25, 0.3) is 5.56 Å². The number of rotatable bonds is 3. The molecule has 130 valence electrons. The fraction of sp³-hybridized carbons (Fsp3) is 0.105. The lowest BCUT2D eigenvalue weighted by atomic mass is 10.1. The third kappa shape index (κ3) is 2.82. The average Bonchev–Trinajstić information content (AvgIpc) is 3.00. The maximum atomic E-state index is 12.3. The quantitative estimate of drug-likeness (QED) is 0.563. The molecule has 2 heterocycles. The number of aryl methyl sites for hydroxylation is 1. The largest absolute Gasteiger partial charge is 0.507 e. The lowest BCUT2D eigenvalue weighted by molar-refractivity contribution is 0.0464. The number of aromatic hydroxyl groups is 1. The minimum Gasteiger partial charge on any atom is -0.507 e. The number of carbonyl (C=O) groups excluding carboxylic acids is 1. The van der Waals surface area contributed by atoms with Gasteiger partial charge < -0.3 is 9.84 Å². The van der Waals surface area contributed by atoms with Crippen molar-refractivity contribution in [1.29, 1.82) is 0 Å². The number of phenolic OH excluding ortho intramolecular Hbond substituents is 1. The Balaban J connectivity index is 1.59. The van der Waals surface area contributed by atoms with Gasteiger partial charge in [0.05, 0.1) is 5.69 Å². The molecule has 0 atom stereocenters. The summed E-state index contributed by atoms with van der Waals surface area (Å²) < 4.78 is 6.75. The van der Waals surface area contributed by atoms with Crippen molar-refractivity contribution in [2.24, 2.45) is 0 Å². The molecule has 2 aromatic heterocycles. The van der Waals surface area contributed by atoms with Crippen molar-refractivity contribution in [2.75, 3.05) is 0 Å². The van der Waals surface area contributed by atoms with E-state index >= 15 is 0 Å². The number of benzene rings is 2. The molecule has 0 aliphatic carbocycles. The number of esters is 1. The number of aromatic nitrogens is 2. The number of phenols is 1. The molecule has 6 nitrogen and oxygen atoms in total. The molecular weight excluding hydrogens is 352 g/mol. The minimum absolute atomic E-state index is 0.0773. The first-order valence-electron chi connectivity index (χ1n) is 7.88. The maximum Gasteiger partial charge on any atom is 0.342 e. The summed E-state index contributed by atoms with van der Waals surface area (Å²) >= 11 is 1.35. The van der Waals surface area contributed by atoms with Crippen molar-refractivity contribution < 1.29 is 14.6 Å². The van der Waals surface area contributed by atoms with Gasteiger partial charge >= 0.3 is 5.97 Å². The molecule has 0 bridgehead atoms. The fourth-order valence-corrected chi connectivity index (χ4v) is 3.67. The van der Waals surface area contributed by atoms with E-state index in [-0.39, 0.29) is 23.5 Å². The van der Waals surface area contributed by atoms with Crippen LogP contribution in [0.1, 0.15) is 21.7 Å². The van der Waals surface area contributed by atoms with Crippen LogP contribution in [0.15, 0.2) is 52.6 Å². The van der Waals surface area contributed by atoms with Crippen molar-refractivity contribution in [1.82, 2.24) is 9.38 Å². The van der Waals surface area contributed by atoms with E-state index in [2.05, 4.69) is 4.98 Å². The van der Waals surface area contributed by atoms with E-state index in [4.69, 9.17) is 4.74 Å². The highest BCUT2D eigenvalue weighted by atomic mass is 32.1. The van der Waals surface area contributed by atoms with Gasteiger partial charge in [0.1, 0.15) is 17.9 Å². The summed E-state index contributed by atoms with van der Waals surface area (Å²) in [4.78, 5) is 29.4.